The second kappa shape index (κ2) is 2.43. The van der Waals surface area contributed by atoms with Crippen LogP contribution in [-0.4, -0.2) is 17.3 Å². The fourth-order valence-electron chi connectivity index (χ4n) is 1.34. The number of nitrogens with zero attached hydrogens (tertiary/aromatic N) is 1. The molecule has 3 nitrogen and oxygen atoms in total. The van der Waals surface area contributed by atoms with Gasteiger partial charge in [-0.15, -0.1) is 0 Å². The van der Waals surface area contributed by atoms with E-state index in [4.69, 9.17) is 5.11 Å². The van der Waals surface area contributed by atoms with Gasteiger partial charge in [-0.05, 0) is 18.8 Å². The highest BCUT2D eigenvalue weighted by Gasteiger charge is 2.30. The molecule has 3 heteroatoms. The molecule has 0 aromatic carbocycles. The minimum atomic E-state index is -0.289. The lowest BCUT2D eigenvalue weighted by Gasteiger charge is -2.01. The first-order chi connectivity index (χ1) is 4.24. The van der Waals surface area contributed by atoms with Gasteiger partial charge < -0.3 is 5.11 Å². The maximum absolute atomic E-state index is 10.0. The Labute approximate surface area is 54.0 Å². The SMILES string of the molecule is CC1CC(O)CC1N=O. The number of aliphatic hydroxyl groups is 1. The fraction of sp³-hybridized carbons (Fsp3) is 1.00. The Kier molecular flexibility index (Phi) is 1.81. The number of rotatable bonds is 1. The van der Waals surface area contributed by atoms with Crippen LogP contribution in [0.1, 0.15) is 19.8 Å². The van der Waals surface area contributed by atoms with Crippen molar-refractivity contribution in [3.63, 3.8) is 0 Å². The number of aliphatic hydroxyl groups excluding tert-OH is 1. The van der Waals surface area contributed by atoms with E-state index in [1.807, 2.05) is 6.92 Å². The molecule has 1 fully saturated rings. The third kappa shape index (κ3) is 1.27. The predicted octanol–water partition coefficient (Wildman–Crippen LogP) is 0.912. The fourth-order valence-corrected chi connectivity index (χ4v) is 1.34. The summed E-state index contributed by atoms with van der Waals surface area (Å²) in [5.74, 6) is 0.275. The van der Waals surface area contributed by atoms with Gasteiger partial charge in [-0.25, -0.2) is 0 Å². The van der Waals surface area contributed by atoms with Gasteiger partial charge in [0.15, 0.2) is 0 Å². The van der Waals surface area contributed by atoms with Crippen LogP contribution in [0.4, 0.5) is 0 Å². The molecule has 0 aromatic heterocycles. The zero-order valence-corrected chi connectivity index (χ0v) is 5.45. The van der Waals surface area contributed by atoms with Crippen LogP contribution in [-0.2, 0) is 0 Å². The average Bonchev–Trinajstić information content (AvgIpc) is 2.10. The van der Waals surface area contributed by atoms with Crippen LogP contribution in [0.5, 0.6) is 0 Å². The van der Waals surface area contributed by atoms with Gasteiger partial charge >= 0.3 is 0 Å². The van der Waals surface area contributed by atoms with Crippen molar-refractivity contribution in [2.45, 2.75) is 31.9 Å². The summed E-state index contributed by atoms with van der Waals surface area (Å²) in [7, 11) is 0. The van der Waals surface area contributed by atoms with E-state index in [0.717, 1.165) is 6.42 Å². The third-order valence-electron chi connectivity index (χ3n) is 1.95. The highest BCUT2D eigenvalue weighted by atomic mass is 16.3. The van der Waals surface area contributed by atoms with Crippen molar-refractivity contribution >= 4 is 0 Å². The maximum Gasteiger partial charge on any atom is 0.0970 e. The molecule has 0 bridgehead atoms. The Hall–Kier alpha value is -0.440. The van der Waals surface area contributed by atoms with Crippen molar-refractivity contribution in [2.24, 2.45) is 11.1 Å². The highest BCUT2D eigenvalue weighted by molar-refractivity contribution is 4.85. The summed E-state index contributed by atoms with van der Waals surface area (Å²) in [5.41, 5.74) is 0. The summed E-state index contributed by atoms with van der Waals surface area (Å²) in [5, 5.41) is 11.9. The molecular weight excluding hydrogens is 118 g/mol. The predicted molar refractivity (Wildman–Crippen MR) is 34.0 cm³/mol. The molecule has 3 unspecified atom stereocenters. The van der Waals surface area contributed by atoms with E-state index in [2.05, 4.69) is 5.18 Å². The molecule has 0 aliphatic heterocycles. The highest BCUT2D eigenvalue weighted by Crippen LogP contribution is 2.27. The minimum absolute atomic E-state index is 0.139. The van der Waals surface area contributed by atoms with Crippen molar-refractivity contribution in [1.29, 1.82) is 0 Å². The van der Waals surface area contributed by atoms with E-state index in [-0.39, 0.29) is 18.1 Å². The molecule has 0 amide bonds. The van der Waals surface area contributed by atoms with Crippen molar-refractivity contribution in [3.8, 4) is 0 Å². The lowest BCUT2D eigenvalue weighted by Crippen LogP contribution is -2.05. The lowest BCUT2D eigenvalue weighted by atomic mass is 10.1. The smallest absolute Gasteiger partial charge is 0.0970 e. The minimum Gasteiger partial charge on any atom is -0.393 e. The second-order valence-corrected chi connectivity index (χ2v) is 2.78. The molecule has 1 N–H and O–H groups in total. The van der Waals surface area contributed by atoms with Crippen LogP contribution < -0.4 is 0 Å². The van der Waals surface area contributed by atoms with Crippen molar-refractivity contribution in [3.05, 3.63) is 4.91 Å². The Bertz CT molecular complexity index is 116. The van der Waals surface area contributed by atoms with E-state index in [0.29, 0.717) is 6.42 Å². The molecule has 1 saturated carbocycles. The van der Waals surface area contributed by atoms with Crippen LogP contribution >= 0.6 is 0 Å². The zero-order valence-electron chi connectivity index (χ0n) is 5.45. The largest absolute Gasteiger partial charge is 0.393 e. The van der Waals surface area contributed by atoms with Gasteiger partial charge in [-0.1, -0.05) is 12.1 Å². The third-order valence-corrected chi connectivity index (χ3v) is 1.95. The Morgan fingerprint density at radius 3 is 2.44 bits per heavy atom. The molecule has 1 aliphatic carbocycles. The van der Waals surface area contributed by atoms with Crippen LogP contribution in [0.15, 0.2) is 5.18 Å². The first-order valence-corrected chi connectivity index (χ1v) is 3.24. The number of hydrogen-bond donors (Lipinski definition) is 1. The van der Waals surface area contributed by atoms with Crippen molar-refractivity contribution in [1.82, 2.24) is 0 Å². The molecule has 1 rings (SSSR count). The summed E-state index contributed by atoms with van der Waals surface area (Å²) in [6.45, 7) is 1.95. The summed E-state index contributed by atoms with van der Waals surface area (Å²) < 4.78 is 0. The number of hydrogen-bond acceptors (Lipinski definition) is 3. The summed E-state index contributed by atoms with van der Waals surface area (Å²) in [4.78, 5) is 10.0. The molecule has 0 radical (unpaired) electrons. The Morgan fingerprint density at radius 2 is 2.22 bits per heavy atom. The Morgan fingerprint density at radius 1 is 1.56 bits per heavy atom. The van der Waals surface area contributed by atoms with Gasteiger partial charge in [-0.3, -0.25) is 0 Å². The second-order valence-electron chi connectivity index (χ2n) is 2.78. The molecule has 0 saturated heterocycles. The molecule has 52 valence electrons. The normalized spacial score (nSPS) is 43.1. The Balaban J connectivity index is 2.47. The van der Waals surface area contributed by atoms with E-state index < -0.39 is 0 Å². The maximum atomic E-state index is 10.0. The van der Waals surface area contributed by atoms with Crippen LogP contribution in [0.2, 0.25) is 0 Å². The summed E-state index contributed by atoms with van der Waals surface area (Å²) in [6.07, 6.45) is 1.00. The molecule has 0 spiro atoms. The van der Waals surface area contributed by atoms with Gasteiger partial charge in [0.1, 0.15) is 0 Å². The van der Waals surface area contributed by atoms with Crippen LogP contribution in [0.25, 0.3) is 0 Å². The molecule has 3 atom stereocenters. The standard InChI is InChI=1S/C6H11NO2/c1-4-2-5(8)3-6(4)7-9/h4-6,8H,2-3H2,1H3. The van der Waals surface area contributed by atoms with Gasteiger partial charge in [0.05, 0.1) is 12.1 Å². The van der Waals surface area contributed by atoms with Gasteiger partial charge in [0.2, 0.25) is 0 Å². The van der Waals surface area contributed by atoms with Crippen LogP contribution in [0.3, 0.4) is 0 Å². The van der Waals surface area contributed by atoms with E-state index >= 15 is 0 Å². The quantitative estimate of drug-likeness (QED) is 0.535. The van der Waals surface area contributed by atoms with Crippen LogP contribution in [0, 0.1) is 10.8 Å². The van der Waals surface area contributed by atoms with E-state index in [1.165, 1.54) is 0 Å². The van der Waals surface area contributed by atoms with E-state index in [1.54, 1.807) is 0 Å². The topological polar surface area (TPSA) is 49.7 Å². The average molecular weight is 129 g/mol. The molecule has 0 aromatic rings. The van der Waals surface area contributed by atoms with Gasteiger partial charge in [0.25, 0.3) is 0 Å². The van der Waals surface area contributed by atoms with Gasteiger partial charge in [-0.2, -0.15) is 4.91 Å². The van der Waals surface area contributed by atoms with Crippen molar-refractivity contribution < 1.29 is 5.11 Å². The summed E-state index contributed by atoms with van der Waals surface area (Å²) in [6, 6.07) is -0.139. The zero-order chi connectivity index (χ0) is 6.85. The first kappa shape index (κ1) is 6.68. The van der Waals surface area contributed by atoms with Crippen molar-refractivity contribution in [2.75, 3.05) is 0 Å². The lowest BCUT2D eigenvalue weighted by molar-refractivity contribution is 0.178. The summed E-state index contributed by atoms with van der Waals surface area (Å²) >= 11 is 0. The molecule has 1 aliphatic rings. The van der Waals surface area contributed by atoms with Gasteiger partial charge in [0, 0.05) is 0 Å². The first-order valence-electron chi connectivity index (χ1n) is 3.24. The monoisotopic (exact) mass is 129 g/mol. The number of nitroso groups, excluding NO2 is 1. The van der Waals surface area contributed by atoms with E-state index in [9.17, 15) is 4.91 Å². The molecular formula is C6H11NO2. The molecule has 9 heavy (non-hydrogen) atoms. The molecule has 0 heterocycles.